The third kappa shape index (κ3) is 8.36. The fourth-order valence-corrected chi connectivity index (χ4v) is 7.39. The zero-order valence-electron chi connectivity index (χ0n) is 30.8. The Balaban J connectivity index is 0.987. The molecule has 53 heavy (non-hydrogen) atoms. The van der Waals surface area contributed by atoms with E-state index < -0.39 is 22.9 Å². The number of hydrogen-bond donors (Lipinski definition) is 1. The third-order valence-corrected chi connectivity index (χ3v) is 10.6. The van der Waals surface area contributed by atoms with Gasteiger partial charge in [-0.2, -0.15) is 0 Å². The molecule has 0 unspecified atom stereocenters. The molecule has 6 rings (SSSR count). The molecule has 2 fully saturated rings. The van der Waals surface area contributed by atoms with Gasteiger partial charge in [-0.05, 0) is 93.8 Å². The number of aromatic amines is 1. The number of piperidine rings is 2. The summed E-state index contributed by atoms with van der Waals surface area (Å²) in [5, 5.41) is 0. The average Bonchev–Trinajstić information content (AvgIpc) is 3.15. The Labute approximate surface area is 306 Å². The predicted octanol–water partition coefficient (Wildman–Crippen LogP) is 5.00. The van der Waals surface area contributed by atoms with E-state index in [0.717, 1.165) is 37.9 Å². The highest BCUT2D eigenvalue weighted by atomic mass is 19.1. The molecule has 11 nitrogen and oxygen atoms in total. The highest BCUT2D eigenvalue weighted by molar-refractivity contribution is 5.95. The predicted molar refractivity (Wildman–Crippen MR) is 198 cm³/mol. The molecule has 282 valence electrons. The number of amides is 1. The minimum Gasteiger partial charge on any atom is -0.495 e. The number of carbonyl (C=O) groups excluding carboxylic acids is 1. The number of carbonyl (C=O) groups is 1. The molecule has 1 amide bonds. The summed E-state index contributed by atoms with van der Waals surface area (Å²) in [5.74, 6) is -0.934. The van der Waals surface area contributed by atoms with Gasteiger partial charge in [0, 0.05) is 80.0 Å². The second-order valence-electron chi connectivity index (χ2n) is 14.0. The first kappa shape index (κ1) is 37.9. The normalized spacial score (nSPS) is 15.9. The Morgan fingerprint density at radius 1 is 0.887 bits per heavy atom. The van der Waals surface area contributed by atoms with Crippen molar-refractivity contribution in [3.8, 4) is 22.6 Å². The quantitative estimate of drug-likeness (QED) is 0.231. The Morgan fingerprint density at radius 3 is 2.17 bits per heavy atom. The number of ether oxygens (including phenoxy) is 2. The Hall–Kier alpha value is -4.88. The molecule has 0 radical (unpaired) electrons. The van der Waals surface area contributed by atoms with E-state index in [9.17, 15) is 19.2 Å². The fraction of sp³-hybridized carbons (Fsp3) is 0.450. The monoisotopic (exact) mass is 731 g/mol. The van der Waals surface area contributed by atoms with E-state index in [1.165, 1.54) is 36.1 Å². The van der Waals surface area contributed by atoms with Gasteiger partial charge in [0.2, 0.25) is 0 Å². The van der Waals surface area contributed by atoms with Crippen molar-refractivity contribution in [1.82, 2.24) is 23.9 Å². The van der Waals surface area contributed by atoms with Crippen molar-refractivity contribution in [3.63, 3.8) is 0 Å². The van der Waals surface area contributed by atoms with Crippen molar-refractivity contribution in [2.45, 2.75) is 78.0 Å². The van der Waals surface area contributed by atoms with Crippen molar-refractivity contribution in [3.05, 3.63) is 114 Å². The third-order valence-electron chi connectivity index (χ3n) is 10.6. The van der Waals surface area contributed by atoms with Crippen LogP contribution in [0.4, 0.5) is 8.78 Å². The molecule has 0 spiro atoms. The van der Waals surface area contributed by atoms with Crippen LogP contribution in [0.2, 0.25) is 0 Å². The van der Waals surface area contributed by atoms with E-state index in [0.29, 0.717) is 72.7 Å². The van der Waals surface area contributed by atoms with Gasteiger partial charge in [-0.3, -0.25) is 23.9 Å². The molecule has 0 bridgehead atoms. The van der Waals surface area contributed by atoms with Crippen LogP contribution in [0.25, 0.3) is 16.8 Å². The van der Waals surface area contributed by atoms with Crippen LogP contribution in [-0.4, -0.2) is 81.9 Å². The van der Waals surface area contributed by atoms with Gasteiger partial charge in [0.25, 0.3) is 17.0 Å². The molecule has 2 aliphatic heterocycles. The summed E-state index contributed by atoms with van der Waals surface area (Å²) in [6.45, 7) is 9.20. The second-order valence-corrected chi connectivity index (χ2v) is 14.0. The number of aryl methyl sites for hydroxylation is 1. The second kappa shape index (κ2) is 16.4. The van der Waals surface area contributed by atoms with Crippen LogP contribution in [0.15, 0.2) is 63.2 Å². The van der Waals surface area contributed by atoms with Gasteiger partial charge >= 0.3 is 5.69 Å². The number of nitrogens with one attached hydrogen (secondary N) is 1. The Bertz CT molecular complexity index is 2120. The van der Waals surface area contributed by atoms with E-state index in [1.54, 1.807) is 40.8 Å². The molecule has 13 heteroatoms. The highest BCUT2D eigenvalue weighted by Crippen LogP contribution is 2.29. The summed E-state index contributed by atoms with van der Waals surface area (Å²) < 4.78 is 45.4. The highest BCUT2D eigenvalue weighted by Gasteiger charge is 2.29. The summed E-state index contributed by atoms with van der Waals surface area (Å²) in [7, 11) is 1.47. The van der Waals surface area contributed by atoms with Crippen LogP contribution in [0.5, 0.6) is 5.75 Å². The SMILES string of the molecule is CCCn1cc(-c2cc(F)c(CCN3CCC(OC4CCN(C(=O)c5ccc(OC)c(-n6ccc(=O)[nH]c6=O)c5)CC4)CC3)c(F)c2)c(C)c(C)c1=O. The molecule has 2 aromatic carbocycles. The lowest BCUT2D eigenvalue weighted by molar-refractivity contribution is -0.0620. The number of halogens is 2. The number of hydrogen-bond acceptors (Lipinski definition) is 7. The molecule has 2 aliphatic rings. The number of aromatic nitrogens is 3. The fourth-order valence-electron chi connectivity index (χ4n) is 7.39. The molecule has 4 aromatic rings. The molecular formula is C40H47F2N5O6. The van der Waals surface area contributed by atoms with Crippen LogP contribution in [0.3, 0.4) is 0 Å². The number of likely N-dealkylation sites (tertiary alicyclic amines) is 2. The van der Waals surface area contributed by atoms with Crippen molar-refractivity contribution >= 4 is 5.91 Å². The molecular weight excluding hydrogens is 684 g/mol. The number of rotatable bonds is 11. The van der Waals surface area contributed by atoms with Gasteiger partial charge in [-0.25, -0.2) is 13.6 Å². The largest absolute Gasteiger partial charge is 0.495 e. The first-order chi connectivity index (χ1) is 25.5. The van der Waals surface area contributed by atoms with Gasteiger partial charge in [-0.15, -0.1) is 0 Å². The lowest BCUT2D eigenvalue weighted by atomic mass is 9.97. The van der Waals surface area contributed by atoms with Gasteiger partial charge in [-0.1, -0.05) is 6.92 Å². The van der Waals surface area contributed by atoms with Gasteiger partial charge in [0.15, 0.2) is 0 Å². The van der Waals surface area contributed by atoms with Crippen molar-refractivity contribution in [2.75, 3.05) is 39.8 Å². The van der Waals surface area contributed by atoms with Gasteiger partial charge < -0.3 is 23.8 Å². The minimum atomic E-state index is -0.631. The van der Waals surface area contributed by atoms with Crippen LogP contribution < -0.4 is 21.5 Å². The number of methoxy groups -OCH3 is 1. The molecule has 2 aromatic heterocycles. The summed E-state index contributed by atoms with van der Waals surface area (Å²) in [4.78, 5) is 56.3. The number of benzene rings is 2. The lowest BCUT2D eigenvalue weighted by Gasteiger charge is -2.37. The number of pyridine rings is 1. The lowest BCUT2D eigenvalue weighted by Crippen LogP contribution is -2.44. The molecule has 0 aliphatic carbocycles. The summed E-state index contributed by atoms with van der Waals surface area (Å²) in [6, 6.07) is 8.88. The van der Waals surface area contributed by atoms with Crippen LogP contribution in [-0.2, 0) is 17.7 Å². The van der Waals surface area contributed by atoms with Gasteiger partial charge in [0.05, 0.1) is 25.0 Å². The van der Waals surface area contributed by atoms with E-state index in [4.69, 9.17) is 9.47 Å². The summed E-state index contributed by atoms with van der Waals surface area (Å²) in [5.41, 5.74) is 2.00. The van der Waals surface area contributed by atoms with E-state index in [1.807, 2.05) is 13.8 Å². The van der Waals surface area contributed by atoms with Crippen LogP contribution >= 0.6 is 0 Å². The Morgan fingerprint density at radius 2 is 1.55 bits per heavy atom. The topological polar surface area (TPSA) is 119 Å². The van der Waals surface area contributed by atoms with E-state index >= 15 is 8.78 Å². The van der Waals surface area contributed by atoms with Crippen molar-refractivity contribution in [2.24, 2.45) is 0 Å². The molecule has 4 heterocycles. The smallest absolute Gasteiger partial charge is 0.333 e. The Kier molecular flexibility index (Phi) is 11.7. The van der Waals surface area contributed by atoms with Crippen LogP contribution in [0, 0.1) is 25.5 Å². The maximum absolute atomic E-state index is 15.4. The molecule has 1 N–H and O–H groups in total. The van der Waals surface area contributed by atoms with E-state index in [2.05, 4.69) is 9.88 Å². The number of H-pyrrole nitrogens is 1. The van der Waals surface area contributed by atoms with Crippen LogP contribution in [0.1, 0.15) is 66.1 Å². The zero-order chi connectivity index (χ0) is 37.8. The summed E-state index contributed by atoms with van der Waals surface area (Å²) in [6.07, 6.45) is 7.20. The maximum atomic E-state index is 15.4. The van der Waals surface area contributed by atoms with Crippen molar-refractivity contribution in [1.29, 1.82) is 0 Å². The van der Waals surface area contributed by atoms with Gasteiger partial charge in [0.1, 0.15) is 17.4 Å². The number of nitrogens with zero attached hydrogens (tertiary/aromatic N) is 4. The molecule has 0 saturated carbocycles. The first-order valence-electron chi connectivity index (χ1n) is 18.3. The minimum absolute atomic E-state index is 0.0252. The van der Waals surface area contributed by atoms with E-state index in [-0.39, 0.29) is 35.7 Å². The molecule has 2 saturated heterocycles. The maximum Gasteiger partial charge on any atom is 0.333 e. The standard InChI is InChI=1S/C40H47F2N5O6/c1-5-14-46-24-32(25(2)26(3)38(46)49)28-21-33(41)31(34(42)22-28)12-17-44-15-8-29(9-16-44)53-30-10-18-45(19-11-30)39(50)27-6-7-36(52-4)35(23-27)47-20-13-37(48)43-40(47)51/h6-7,13,20-24,29-30H,5,8-12,14-19H2,1-4H3,(H,43,48,51). The molecule has 0 atom stereocenters. The average molecular weight is 732 g/mol. The zero-order valence-corrected chi connectivity index (χ0v) is 30.8. The summed E-state index contributed by atoms with van der Waals surface area (Å²) >= 11 is 0. The first-order valence-corrected chi connectivity index (χ1v) is 18.3. The van der Waals surface area contributed by atoms with Crippen molar-refractivity contribution < 1.29 is 23.0 Å².